The first kappa shape index (κ1) is 10.3. The molecule has 0 unspecified atom stereocenters. The summed E-state index contributed by atoms with van der Waals surface area (Å²) in [6.07, 6.45) is 0. The van der Waals surface area contributed by atoms with Crippen molar-refractivity contribution in [1.29, 1.82) is 0 Å². The number of fused-ring (bicyclic) bond motifs is 1. The summed E-state index contributed by atoms with van der Waals surface area (Å²) in [5, 5.41) is 20.1. The zero-order valence-electron chi connectivity index (χ0n) is 8.14. The van der Waals surface area contributed by atoms with Crippen molar-refractivity contribution in [3.8, 4) is 0 Å². The lowest BCUT2D eigenvalue weighted by Gasteiger charge is -2.00. The van der Waals surface area contributed by atoms with Crippen molar-refractivity contribution in [2.75, 3.05) is 0 Å². The fourth-order valence-corrected chi connectivity index (χ4v) is 1.47. The van der Waals surface area contributed by atoms with Gasteiger partial charge in [0, 0.05) is 17.7 Å². The van der Waals surface area contributed by atoms with Gasteiger partial charge in [0.2, 0.25) is 0 Å². The summed E-state index contributed by atoms with van der Waals surface area (Å²) in [5.41, 5.74) is 0.105. The number of nitro benzene ring substituents is 1. The molecule has 6 heteroatoms. The predicted octanol–water partition coefficient (Wildman–Crippen LogP) is 0.929. The van der Waals surface area contributed by atoms with Crippen LogP contribution < -0.4 is 5.56 Å². The number of aromatic amines is 1. The number of nitrogens with one attached hydrogen (secondary N) is 1. The van der Waals surface area contributed by atoms with Crippen LogP contribution in [0.1, 0.15) is 5.56 Å². The Balaban J connectivity index is 2.72. The number of H-pyrrole nitrogens is 1. The van der Waals surface area contributed by atoms with Crippen molar-refractivity contribution in [1.82, 2.24) is 4.98 Å². The van der Waals surface area contributed by atoms with E-state index in [1.807, 2.05) is 0 Å². The average Bonchev–Trinajstić information content (AvgIpc) is 2.27. The summed E-state index contributed by atoms with van der Waals surface area (Å²) in [6, 6.07) is 5.68. The lowest BCUT2D eigenvalue weighted by molar-refractivity contribution is -0.384. The number of aliphatic hydroxyl groups excluding tert-OH is 1. The highest BCUT2D eigenvalue weighted by molar-refractivity contribution is 5.81. The van der Waals surface area contributed by atoms with Crippen LogP contribution in [0.5, 0.6) is 0 Å². The summed E-state index contributed by atoms with van der Waals surface area (Å²) in [4.78, 5) is 23.8. The second-order valence-electron chi connectivity index (χ2n) is 3.31. The molecule has 0 atom stereocenters. The Morgan fingerprint density at radius 2 is 2.12 bits per heavy atom. The highest BCUT2D eigenvalue weighted by atomic mass is 16.6. The lowest BCUT2D eigenvalue weighted by Crippen LogP contribution is -2.11. The number of rotatable bonds is 2. The minimum absolute atomic E-state index is 0.0834. The Hall–Kier alpha value is -2.21. The zero-order chi connectivity index (χ0) is 11.7. The Morgan fingerprint density at radius 1 is 1.38 bits per heavy atom. The van der Waals surface area contributed by atoms with Crippen molar-refractivity contribution in [3.05, 3.63) is 50.3 Å². The van der Waals surface area contributed by atoms with E-state index >= 15 is 0 Å². The third-order valence-electron chi connectivity index (χ3n) is 2.29. The van der Waals surface area contributed by atoms with Gasteiger partial charge in [-0.2, -0.15) is 0 Å². The Labute approximate surface area is 89.3 Å². The molecule has 1 heterocycles. The lowest BCUT2D eigenvalue weighted by atomic mass is 10.1. The number of hydrogen-bond donors (Lipinski definition) is 2. The number of benzene rings is 1. The molecule has 16 heavy (non-hydrogen) atoms. The van der Waals surface area contributed by atoms with Crippen molar-refractivity contribution >= 4 is 16.6 Å². The molecule has 2 rings (SSSR count). The zero-order valence-corrected chi connectivity index (χ0v) is 8.14. The fourth-order valence-electron chi connectivity index (χ4n) is 1.47. The second kappa shape index (κ2) is 3.74. The summed E-state index contributed by atoms with van der Waals surface area (Å²) in [7, 11) is 0. The molecular formula is C10H8N2O4. The highest BCUT2D eigenvalue weighted by Gasteiger charge is 2.08. The first-order valence-corrected chi connectivity index (χ1v) is 4.53. The fraction of sp³-hybridized carbons (Fsp3) is 0.100. The van der Waals surface area contributed by atoms with Gasteiger partial charge >= 0.3 is 0 Å². The minimum Gasteiger partial charge on any atom is -0.391 e. The van der Waals surface area contributed by atoms with Gasteiger partial charge in [-0.05, 0) is 17.5 Å². The normalized spacial score (nSPS) is 10.6. The molecule has 2 N–H and O–H groups in total. The first-order valence-electron chi connectivity index (χ1n) is 4.53. The van der Waals surface area contributed by atoms with Crippen LogP contribution in [0.3, 0.4) is 0 Å². The van der Waals surface area contributed by atoms with E-state index in [0.717, 1.165) is 0 Å². The van der Waals surface area contributed by atoms with E-state index in [1.54, 1.807) is 0 Å². The molecule has 0 fully saturated rings. The summed E-state index contributed by atoms with van der Waals surface area (Å²) >= 11 is 0. The molecule has 0 bridgehead atoms. The van der Waals surface area contributed by atoms with Crippen LogP contribution in [0.25, 0.3) is 10.9 Å². The second-order valence-corrected chi connectivity index (χ2v) is 3.31. The van der Waals surface area contributed by atoms with Crippen LogP contribution in [0.4, 0.5) is 5.69 Å². The van der Waals surface area contributed by atoms with Crippen LogP contribution in [-0.4, -0.2) is 15.0 Å². The molecule has 0 aliphatic rings. The maximum absolute atomic E-state index is 11.4. The van der Waals surface area contributed by atoms with E-state index in [4.69, 9.17) is 5.11 Å². The minimum atomic E-state index is -0.530. The number of aliphatic hydroxyl groups is 1. The van der Waals surface area contributed by atoms with Crippen LogP contribution in [0, 0.1) is 10.1 Å². The maximum Gasteiger partial charge on any atom is 0.271 e. The van der Waals surface area contributed by atoms with Crippen LogP contribution in [0.15, 0.2) is 29.1 Å². The van der Waals surface area contributed by atoms with Crippen molar-refractivity contribution in [2.24, 2.45) is 0 Å². The molecule has 0 aliphatic carbocycles. The molecule has 0 saturated carbocycles. The molecule has 82 valence electrons. The largest absolute Gasteiger partial charge is 0.391 e. The number of hydrogen-bond acceptors (Lipinski definition) is 4. The average molecular weight is 220 g/mol. The summed E-state index contributed by atoms with van der Waals surface area (Å²) in [5.74, 6) is 0. The van der Waals surface area contributed by atoms with Crippen LogP contribution in [-0.2, 0) is 6.61 Å². The van der Waals surface area contributed by atoms with Crippen LogP contribution >= 0.6 is 0 Å². The van der Waals surface area contributed by atoms with Gasteiger partial charge in [-0.1, -0.05) is 0 Å². The molecule has 0 amide bonds. The van der Waals surface area contributed by atoms with Gasteiger partial charge in [-0.25, -0.2) is 0 Å². The third-order valence-corrected chi connectivity index (χ3v) is 2.29. The predicted molar refractivity (Wildman–Crippen MR) is 57.1 cm³/mol. The number of pyridine rings is 1. The van der Waals surface area contributed by atoms with Gasteiger partial charge in [0.25, 0.3) is 11.2 Å². The Bertz CT molecular complexity index is 618. The van der Waals surface area contributed by atoms with Crippen molar-refractivity contribution in [3.63, 3.8) is 0 Å². The first-order chi connectivity index (χ1) is 7.61. The molecule has 1 aromatic heterocycles. The monoisotopic (exact) mass is 220 g/mol. The maximum atomic E-state index is 11.4. The molecule has 0 aliphatic heterocycles. The van der Waals surface area contributed by atoms with Crippen molar-refractivity contribution < 1.29 is 10.0 Å². The Morgan fingerprint density at radius 3 is 2.75 bits per heavy atom. The molecule has 2 aromatic rings. The number of nitrogens with zero attached hydrogens (tertiary/aromatic N) is 1. The highest BCUT2D eigenvalue weighted by Crippen LogP contribution is 2.18. The number of non-ortho nitro benzene ring substituents is 1. The van der Waals surface area contributed by atoms with Crippen LogP contribution in [0.2, 0.25) is 0 Å². The third kappa shape index (κ3) is 1.66. The molecule has 6 nitrogen and oxygen atoms in total. The molecular weight excluding hydrogens is 212 g/mol. The SMILES string of the molecule is O=c1[nH]c2cc([N+](=O)[O-])ccc2cc1CO. The van der Waals surface area contributed by atoms with Gasteiger partial charge in [0.15, 0.2) is 0 Å². The molecule has 0 saturated heterocycles. The van der Waals surface area contributed by atoms with Gasteiger partial charge in [-0.15, -0.1) is 0 Å². The van der Waals surface area contributed by atoms with Gasteiger partial charge < -0.3 is 10.1 Å². The van der Waals surface area contributed by atoms with Crippen molar-refractivity contribution in [2.45, 2.75) is 6.61 Å². The van der Waals surface area contributed by atoms with E-state index in [2.05, 4.69) is 4.98 Å². The van der Waals surface area contributed by atoms with E-state index in [-0.39, 0.29) is 17.9 Å². The van der Waals surface area contributed by atoms with E-state index < -0.39 is 10.5 Å². The topological polar surface area (TPSA) is 96.2 Å². The van der Waals surface area contributed by atoms with Gasteiger partial charge in [-0.3, -0.25) is 14.9 Å². The quantitative estimate of drug-likeness (QED) is 0.581. The van der Waals surface area contributed by atoms with E-state index in [1.165, 1.54) is 24.3 Å². The smallest absolute Gasteiger partial charge is 0.271 e. The standard InChI is InChI=1S/C10H8N2O4/c13-5-7-3-6-1-2-8(12(15)16)4-9(6)11-10(7)14/h1-4,13H,5H2,(H,11,14). The number of nitro groups is 1. The summed E-state index contributed by atoms with van der Waals surface area (Å²) < 4.78 is 0. The van der Waals surface area contributed by atoms with Gasteiger partial charge in [0.1, 0.15) is 0 Å². The molecule has 1 aromatic carbocycles. The Kier molecular flexibility index (Phi) is 2.41. The molecule has 0 radical (unpaired) electrons. The summed E-state index contributed by atoms with van der Waals surface area (Å²) in [6.45, 7) is -0.359. The molecule has 0 spiro atoms. The number of aromatic nitrogens is 1. The van der Waals surface area contributed by atoms with Gasteiger partial charge in [0.05, 0.1) is 17.0 Å². The van der Waals surface area contributed by atoms with E-state index in [9.17, 15) is 14.9 Å². The van der Waals surface area contributed by atoms with E-state index in [0.29, 0.717) is 10.9 Å².